The molecule has 1 fully saturated rings. The third-order valence-electron chi connectivity index (χ3n) is 4.42. The lowest BCUT2D eigenvalue weighted by Gasteiger charge is -2.30. The third-order valence-corrected chi connectivity index (χ3v) is 5.72. The zero-order valence-corrected chi connectivity index (χ0v) is 22.5. The number of hydrogen-bond acceptors (Lipinski definition) is 5. The van der Waals surface area contributed by atoms with Gasteiger partial charge in [0.2, 0.25) is 10.0 Å². The van der Waals surface area contributed by atoms with Crippen molar-refractivity contribution in [2.45, 2.75) is 65.5 Å². The monoisotopic (exact) mass is 561 g/mol. The molecule has 1 saturated heterocycles. The topological polar surface area (TPSA) is 112 Å². The molecule has 1 aliphatic rings. The lowest BCUT2D eigenvalue weighted by atomic mass is 9.98. The van der Waals surface area contributed by atoms with E-state index >= 15 is 0 Å². The van der Waals surface area contributed by atoms with Gasteiger partial charge >= 0.3 is 6.09 Å². The number of nitrogens with one attached hydrogen (secondary N) is 3. The summed E-state index contributed by atoms with van der Waals surface area (Å²) in [5, 5.41) is 9.39. The highest BCUT2D eigenvalue weighted by molar-refractivity contribution is 14.0. The second-order valence-corrected chi connectivity index (χ2v) is 11.2. The molecule has 1 heterocycles. The summed E-state index contributed by atoms with van der Waals surface area (Å²) in [6.07, 6.45) is 2.44. The van der Waals surface area contributed by atoms with Gasteiger partial charge in [-0.2, -0.15) is 0 Å². The maximum absolute atomic E-state index is 12.0. The number of ether oxygens (including phenoxy) is 1. The zero-order valence-electron chi connectivity index (χ0n) is 19.4. The summed E-state index contributed by atoms with van der Waals surface area (Å²) >= 11 is 0. The van der Waals surface area contributed by atoms with Crippen molar-refractivity contribution in [1.82, 2.24) is 20.3 Å². The van der Waals surface area contributed by atoms with E-state index in [0.717, 1.165) is 25.9 Å². The minimum Gasteiger partial charge on any atom is -0.444 e. The second-order valence-electron chi connectivity index (χ2n) is 9.19. The number of aliphatic imine (C=N–C) groups is 1. The van der Waals surface area contributed by atoms with Gasteiger partial charge in [-0.1, -0.05) is 0 Å². The Morgan fingerprint density at radius 2 is 1.70 bits per heavy atom. The Balaban J connectivity index is 0.00000841. The molecule has 178 valence electrons. The van der Waals surface area contributed by atoms with E-state index in [4.69, 9.17) is 4.74 Å². The number of hydrogen-bond donors (Lipinski definition) is 3. The SMILES string of the molecule is CCNC(=NCC(C)(C)NC(=O)OC(C)(C)C)NCC1CCN(S(C)(=O)=O)CC1.I. The van der Waals surface area contributed by atoms with E-state index in [9.17, 15) is 13.2 Å². The Labute approximate surface area is 199 Å². The fourth-order valence-corrected chi connectivity index (χ4v) is 3.80. The minimum absolute atomic E-state index is 0. The molecule has 0 aromatic carbocycles. The van der Waals surface area contributed by atoms with Gasteiger partial charge in [0.1, 0.15) is 5.60 Å². The van der Waals surface area contributed by atoms with Crippen LogP contribution in [0.4, 0.5) is 4.79 Å². The van der Waals surface area contributed by atoms with Crippen LogP contribution in [0.15, 0.2) is 4.99 Å². The first-order chi connectivity index (χ1) is 13.2. The van der Waals surface area contributed by atoms with Crippen LogP contribution in [0.1, 0.15) is 54.4 Å². The van der Waals surface area contributed by atoms with Crippen LogP contribution in [0.3, 0.4) is 0 Å². The maximum atomic E-state index is 12.0. The van der Waals surface area contributed by atoms with Crippen LogP contribution in [-0.4, -0.2) is 74.9 Å². The normalized spacial score (nSPS) is 17.1. The van der Waals surface area contributed by atoms with Gasteiger partial charge in [0.25, 0.3) is 0 Å². The first-order valence-electron chi connectivity index (χ1n) is 10.2. The van der Waals surface area contributed by atoms with Crippen LogP contribution in [0, 0.1) is 5.92 Å². The summed E-state index contributed by atoms with van der Waals surface area (Å²) in [4.78, 5) is 16.6. The van der Waals surface area contributed by atoms with Crippen LogP contribution < -0.4 is 16.0 Å². The molecule has 0 atom stereocenters. The van der Waals surface area contributed by atoms with Crippen LogP contribution >= 0.6 is 24.0 Å². The molecule has 3 N–H and O–H groups in total. The molecule has 0 bridgehead atoms. The number of nitrogens with zero attached hydrogens (tertiary/aromatic N) is 2. The number of halogens is 1. The van der Waals surface area contributed by atoms with Gasteiger partial charge in [-0.25, -0.2) is 17.5 Å². The van der Waals surface area contributed by atoms with Crippen LogP contribution in [0.5, 0.6) is 0 Å². The highest BCUT2D eigenvalue weighted by Gasteiger charge is 2.26. The summed E-state index contributed by atoms with van der Waals surface area (Å²) in [6.45, 7) is 14.2. The summed E-state index contributed by atoms with van der Waals surface area (Å²) in [5.74, 6) is 1.07. The Morgan fingerprint density at radius 3 is 2.17 bits per heavy atom. The first kappa shape index (κ1) is 29.2. The standard InChI is InChI=1S/C19H39N5O4S.HI/c1-8-20-16(21-13-15-9-11-24(12-10-15)29(7,26)27)22-14-19(5,6)23-17(25)28-18(2,3)4;/h15H,8-14H2,1-7H3,(H,23,25)(H2,20,21,22);1H. The summed E-state index contributed by atoms with van der Waals surface area (Å²) < 4.78 is 30.1. The van der Waals surface area contributed by atoms with E-state index in [0.29, 0.717) is 31.5 Å². The van der Waals surface area contributed by atoms with Gasteiger partial charge in [0.05, 0.1) is 18.3 Å². The number of carbonyl (C=O) groups is 1. The molecule has 0 radical (unpaired) electrons. The fourth-order valence-electron chi connectivity index (χ4n) is 2.92. The number of sulfonamides is 1. The van der Waals surface area contributed by atoms with E-state index < -0.39 is 27.3 Å². The third kappa shape index (κ3) is 12.1. The van der Waals surface area contributed by atoms with E-state index in [1.807, 2.05) is 41.5 Å². The van der Waals surface area contributed by atoms with Crippen molar-refractivity contribution in [3.05, 3.63) is 0 Å². The van der Waals surface area contributed by atoms with Crippen LogP contribution in [0.25, 0.3) is 0 Å². The molecule has 0 unspecified atom stereocenters. The summed E-state index contributed by atoms with van der Waals surface area (Å²) in [6, 6.07) is 0. The van der Waals surface area contributed by atoms with Crippen molar-refractivity contribution in [2.75, 3.05) is 39.0 Å². The Kier molecular flexibility index (Phi) is 11.9. The van der Waals surface area contributed by atoms with Gasteiger partial charge in [0.15, 0.2) is 5.96 Å². The molecule has 1 aliphatic heterocycles. The molecule has 1 amide bonds. The zero-order chi connectivity index (χ0) is 22.3. The number of guanidine groups is 1. The van der Waals surface area contributed by atoms with Crippen molar-refractivity contribution in [3.8, 4) is 0 Å². The molecule has 0 saturated carbocycles. The van der Waals surface area contributed by atoms with Crippen molar-refractivity contribution in [2.24, 2.45) is 10.9 Å². The van der Waals surface area contributed by atoms with E-state index in [1.54, 1.807) is 0 Å². The number of rotatable bonds is 7. The van der Waals surface area contributed by atoms with Gasteiger partial charge in [-0.3, -0.25) is 4.99 Å². The molecule has 0 spiro atoms. The van der Waals surface area contributed by atoms with Gasteiger partial charge in [-0.15, -0.1) is 24.0 Å². The molecule has 30 heavy (non-hydrogen) atoms. The van der Waals surface area contributed by atoms with Crippen LogP contribution in [0.2, 0.25) is 0 Å². The van der Waals surface area contributed by atoms with Gasteiger partial charge < -0.3 is 20.7 Å². The molecular formula is C19H40IN5O4S. The highest BCUT2D eigenvalue weighted by Crippen LogP contribution is 2.18. The van der Waals surface area contributed by atoms with E-state index in [1.165, 1.54) is 10.6 Å². The van der Waals surface area contributed by atoms with Crippen LogP contribution in [-0.2, 0) is 14.8 Å². The van der Waals surface area contributed by atoms with Crippen molar-refractivity contribution in [3.63, 3.8) is 0 Å². The molecule has 11 heteroatoms. The predicted octanol–water partition coefficient (Wildman–Crippen LogP) is 2.13. The largest absolute Gasteiger partial charge is 0.444 e. The minimum atomic E-state index is -3.10. The summed E-state index contributed by atoms with van der Waals surface area (Å²) in [5.41, 5.74) is -1.11. The maximum Gasteiger partial charge on any atom is 0.408 e. The Morgan fingerprint density at radius 1 is 1.13 bits per heavy atom. The number of amides is 1. The van der Waals surface area contributed by atoms with E-state index in [-0.39, 0.29) is 24.0 Å². The first-order valence-corrected chi connectivity index (χ1v) is 12.0. The Hall–Kier alpha value is -0.820. The molecule has 1 rings (SSSR count). The lowest BCUT2D eigenvalue weighted by molar-refractivity contribution is 0.0476. The van der Waals surface area contributed by atoms with Crippen molar-refractivity contribution >= 4 is 46.1 Å². The molecule has 0 aromatic rings. The van der Waals surface area contributed by atoms with Crippen molar-refractivity contribution in [1.29, 1.82) is 0 Å². The van der Waals surface area contributed by atoms with Gasteiger partial charge in [0, 0.05) is 26.2 Å². The quantitative estimate of drug-likeness (QED) is 0.250. The van der Waals surface area contributed by atoms with Gasteiger partial charge in [-0.05, 0) is 60.3 Å². The van der Waals surface area contributed by atoms with E-state index in [2.05, 4.69) is 20.9 Å². The molecule has 0 aromatic heterocycles. The van der Waals surface area contributed by atoms with Crippen molar-refractivity contribution < 1.29 is 17.9 Å². The number of piperidine rings is 1. The average Bonchev–Trinajstić information content (AvgIpc) is 2.54. The second kappa shape index (κ2) is 12.3. The molecule has 0 aliphatic carbocycles. The summed E-state index contributed by atoms with van der Waals surface area (Å²) in [7, 11) is -3.10. The smallest absolute Gasteiger partial charge is 0.408 e. The predicted molar refractivity (Wildman–Crippen MR) is 132 cm³/mol. The number of alkyl carbamates (subject to hydrolysis) is 1. The molecular weight excluding hydrogens is 521 g/mol. The fraction of sp³-hybridized carbons (Fsp3) is 0.895. The number of carbonyl (C=O) groups excluding carboxylic acids is 1. The lowest BCUT2D eigenvalue weighted by Crippen LogP contribution is -2.49. The highest BCUT2D eigenvalue weighted by atomic mass is 127. The Bertz CT molecular complexity index is 669. The molecule has 9 nitrogen and oxygen atoms in total. The average molecular weight is 562 g/mol.